The summed E-state index contributed by atoms with van der Waals surface area (Å²) in [5.41, 5.74) is 0.691. The van der Waals surface area contributed by atoms with Crippen molar-refractivity contribution < 1.29 is 24.0 Å². The monoisotopic (exact) mass is 524 g/mol. The number of rotatable bonds is 5. The number of aromatic nitrogens is 1. The number of anilines is 1. The highest BCUT2D eigenvalue weighted by Gasteiger charge is 2.48. The van der Waals surface area contributed by atoms with E-state index < -0.39 is 17.7 Å². The van der Waals surface area contributed by atoms with E-state index in [2.05, 4.69) is 21.1 Å². The van der Waals surface area contributed by atoms with E-state index in [1.165, 1.54) is 4.90 Å². The standard InChI is InChI=1S/C26H25BrN2O5/c1-5-33-18-12-8-15(9-13-18)22-21(23(30)16-6-10-17(27)11-7-16)24(31)25(32)29(22)20-14-19(34-28-20)26(2,3)4/h6-14,22,30H,5H2,1-4H3. The average Bonchev–Trinajstić information content (AvgIpc) is 3.38. The first kappa shape index (κ1) is 23.8. The predicted octanol–water partition coefficient (Wildman–Crippen LogP) is 5.76. The van der Waals surface area contributed by atoms with Crippen LogP contribution in [0, 0.1) is 0 Å². The molecule has 1 N–H and O–H groups in total. The van der Waals surface area contributed by atoms with Gasteiger partial charge in [-0.25, -0.2) is 0 Å². The summed E-state index contributed by atoms with van der Waals surface area (Å²) in [6, 6.07) is 14.7. The minimum atomic E-state index is -0.891. The minimum Gasteiger partial charge on any atom is -0.507 e. The number of carbonyl (C=O) groups excluding carboxylic acids is 2. The number of amides is 1. The van der Waals surface area contributed by atoms with E-state index in [0.717, 1.165) is 4.47 Å². The lowest BCUT2D eigenvalue weighted by atomic mass is 9.93. The summed E-state index contributed by atoms with van der Waals surface area (Å²) >= 11 is 3.37. The Bertz CT molecular complexity index is 1250. The fraction of sp³-hybridized carbons (Fsp3) is 0.269. The van der Waals surface area contributed by atoms with Gasteiger partial charge in [-0.3, -0.25) is 14.5 Å². The third-order valence-corrected chi connectivity index (χ3v) is 6.08. The molecule has 1 aliphatic heterocycles. The van der Waals surface area contributed by atoms with Crippen LogP contribution in [0.2, 0.25) is 0 Å². The molecular formula is C26H25BrN2O5. The predicted molar refractivity (Wildman–Crippen MR) is 132 cm³/mol. The Morgan fingerprint density at radius 3 is 2.32 bits per heavy atom. The van der Waals surface area contributed by atoms with Crippen LogP contribution < -0.4 is 9.64 Å². The molecule has 1 aromatic heterocycles. The van der Waals surface area contributed by atoms with Gasteiger partial charge in [0.05, 0.1) is 18.2 Å². The first-order valence-electron chi connectivity index (χ1n) is 10.9. The van der Waals surface area contributed by atoms with Gasteiger partial charge in [-0.1, -0.05) is 66.1 Å². The first-order chi connectivity index (χ1) is 16.1. The molecular weight excluding hydrogens is 500 g/mol. The van der Waals surface area contributed by atoms with Crippen LogP contribution in [0.3, 0.4) is 0 Å². The lowest BCUT2D eigenvalue weighted by Gasteiger charge is -2.23. The SMILES string of the molecule is CCOc1ccc(C2C(=C(O)c3ccc(Br)cc3)C(=O)C(=O)N2c2cc(C(C)(C)C)on2)cc1. The first-order valence-corrected chi connectivity index (χ1v) is 11.7. The number of hydrogen-bond acceptors (Lipinski definition) is 6. The molecule has 1 atom stereocenters. The van der Waals surface area contributed by atoms with Gasteiger partial charge in [-0.2, -0.15) is 0 Å². The van der Waals surface area contributed by atoms with Crippen molar-refractivity contribution in [1.82, 2.24) is 5.16 Å². The molecule has 0 saturated carbocycles. The molecule has 34 heavy (non-hydrogen) atoms. The highest BCUT2D eigenvalue weighted by Crippen LogP contribution is 2.43. The second kappa shape index (κ2) is 9.10. The normalized spacial score (nSPS) is 17.9. The molecule has 0 aliphatic carbocycles. The molecule has 3 aromatic rings. The Morgan fingerprint density at radius 1 is 1.12 bits per heavy atom. The second-order valence-corrected chi connectivity index (χ2v) is 9.89. The van der Waals surface area contributed by atoms with Crippen LogP contribution in [-0.2, 0) is 15.0 Å². The maximum atomic E-state index is 13.2. The van der Waals surface area contributed by atoms with Crippen molar-refractivity contribution in [3.05, 3.63) is 81.5 Å². The zero-order valence-electron chi connectivity index (χ0n) is 19.3. The van der Waals surface area contributed by atoms with Crippen molar-refractivity contribution in [2.45, 2.75) is 39.2 Å². The minimum absolute atomic E-state index is 0.0169. The fourth-order valence-electron chi connectivity index (χ4n) is 3.79. The topological polar surface area (TPSA) is 92.9 Å². The summed E-state index contributed by atoms with van der Waals surface area (Å²) in [6.45, 7) is 8.28. The number of ether oxygens (including phenoxy) is 1. The van der Waals surface area contributed by atoms with Gasteiger partial charge in [-0.05, 0) is 36.8 Å². The number of halogens is 1. The van der Waals surface area contributed by atoms with E-state index in [1.54, 1.807) is 54.6 Å². The largest absolute Gasteiger partial charge is 0.507 e. The Hall–Kier alpha value is -3.39. The van der Waals surface area contributed by atoms with Gasteiger partial charge in [-0.15, -0.1) is 0 Å². The van der Waals surface area contributed by atoms with Crippen molar-refractivity contribution in [1.29, 1.82) is 0 Å². The summed E-state index contributed by atoms with van der Waals surface area (Å²) < 4.78 is 11.9. The average molecular weight is 525 g/mol. The molecule has 1 unspecified atom stereocenters. The lowest BCUT2D eigenvalue weighted by Crippen LogP contribution is -2.29. The smallest absolute Gasteiger partial charge is 0.301 e. The van der Waals surface area contributed by atoms with Gasteiger partial charge in [0.25, 0.3) is 5.78 Å². The molecule has 1 saturated heterocycles. The molecule has 8 heteroatoms. The van der Waals surface area contributed by atoms with E-state index in [-0.39, 0.29) is 22.6 Å². The summed E-state index contributed by atoms with van der Waals surface area (Å²) in [6.07, 6.45) is 0. The Morgan fingerprint density at radius 2 is 1.76 bits per heavy atom. The van der Waals surface area contributed by atoms with Gasteiger partial charge in [0.2, 0.25) is 0 Å². The highest BCUT2D eigenvalue weighted by molar-refractivity contribution is 9.10. The van der Waals surface area contributed by atoms with E-state index in [1.807, 2.05) is 27.7 Å². The molecule has 1 amide bonds. The lowest BCUT2D eigenvalue weighted by molar-refractivity contribution is -0.132. The number of carbonyl (C=O) groups is 2. The number of nitrogens with zero attached hydrogens (tertiary/aromatic N) is 2. The van der Waals surface area contributed by atoms with Crippen LogP contribution in [0.1, 0.15) is 50.6 Å². The number of Topliss-reactive ketones (excluding diaryl/α,β-unsaturated/α-hetero) is 1. The Labute approximate surface area is 206 Å². The zero-order chi connectivity index (χ0) is 24.6. The van der Waals surface area contributed by atoms with E-state index >= 15 is 0 Å². The number of ketones is 1. The molecule has 7 nitrogen and oxygen atoms in total. The van der Waals surface area contributed by atoms with Crippen LogP contribution >= 0.6 is 15.9 Å². The zero-order valence-corrected chi connectivity index (χ0v) is 20.9. The van der Waals surface area contributed by atoms with Crippen LogP contribution in [0.4, 0.5) is 5.82 Å². The summed E-state index contributed by atoms with van der Waals surface area (Å²) in [4.78, 5) is 27.7. The molecule has 2 aromatic carbocycles. The van der Waals surface area contributed by atoms with Crippen LogP contribution in [0.25, 0.3) is 5.76 Å². The molecule has 0 spiro atoms. The van der Waals surface area contributed by atoms with Crippen molar-refractivity contribution in [3.8, 4) is 5.75 Å². The number of aliphatic hydroxyl groups is 1. The number of benzene rings is 2. The number of hydrogen-bond donors (Lipinski definition) is 1. The fourth-order valence-corrected chi connectivity index (χ4v) is 4.06. The van der Waals surface area contributed by atoms with E-state index in [9.17, 15) is 14.7 Å². The van der Waals surface area contributed by atoms with Gasteiger partial charge >= 0.3 is 5.91 Å². The Kier molecular flexibility index (Phi) is 6.36. The molecule has 2 heterocycles. The van der Waals surface area contributed by atoms with Gasteiger partial charge < -0.3 is 14.4 Å². The van der Waals surface area contributed by atoms with Crippen LogP contribution in [0.5, 0.6) is 5.75 Å². The van der Waals surface area contributed by atoms with Crippen molar-refractivity contribution in [2.75, 3.05) is 11.5 Å². The third kappa shape index (κ3) is 4.37. The van der Waals surface area contributed by atoms with Crippen molar-refractivity contribution >= 4 is 39.2 Å². The van der Waals surface area contributed by atoms with E-state index in [4.69, 9.17) is 9.26 Å². The maximum absolute atomic E-state index is 13.2. The molecule has 0 bridgehead atoms. The van der Waals surface area contributed by atoms with Crippen molar-refractivity contribution in [3.63, 3.8) is 0 Å². The quantitative estimate of drug-likeness (QED) is 0.259. The van der Waals surface area contributed by atoms with Crippen LogP contribution in [0.15, 0.2) is 69.2 Å². The second-order valence-electron chi connectivity index (χ2n) is 8.98. The molecule has 1 fully saturated rings. The van der Waals surface area contributed by atoms with Gasteiger partial charge in [0.15, 0.2) is 5.82 Å². The molecule has 0 radical (unpaired) electrons. The Balaban J connectivity index is 1.89. The maximum Gasteiger partial charge on any atom is 0.301 e. The van der Waals surface area contributed by atoms with Crippen LogP contribution in [-0.4, -0.2) is 28.6 Å². The summed E-state index contributed by atoms with van der Waals surface area (Å²) in [5.74, 6) is -0.395. The molecule has 176 valence electrons. The highest BCUT2D eigenvalue weighted by atomic mass is 79.9. The third-order valence-electron chi connectivity index (χ3n) is 5.55. The molecule has 4 rings (SSSR count). The summed E-state index contributed by atoms with van der Waals surface area (Å²) in [5, 5.41) is 15.3. The van der Waals surface area contributed by atoms with Gasteiger partial charge in [0, 0.05) is 21.5 Å². The molecule has 1 aliphatic rings. The van der Waals surface area contributed by atoms with Gasteiger partial charge in [0.1, 0.15) is 17.3 Å². The van der Waals surface area contributed by atoms with Crippen molar-refractivity contribution in [2.24, 2.45) is 0 Å². The summed E-state index contributed by atoms with van der Waals surface area (Å²) in [7, 11) is 0. The number of aliphatic hydroxyl groups excluding tert-OH is 1. The van der Waals surface area contributed by atoms with E-state index in [0.29, 0.717) is 29.2 Å².